The van der Waals surface area contributed by atoms with Crippen molar-refractivity contribution >= 4 is 5.91 Å². The average Bonchev–Trinajstić information content (AvgIpc) is 2.73. The van der Waals surface area contributed by atoms with Gasteiger partial charge in [-0.1, -0.05) is 0 Å². The smallest absolute Gasteiger partial charge is 0.254 e. The molecule has 0 aliphatic rings. The number of aryl methyl sites for hydroxylation is 3. The van der Waals surface area contributed by atoms with E-state index in [9.17, 15) is 9.18 Å². The van der Waals surface area contributed by atoms with Crippen LogP contribution in [0.2, 0.25) is 0 Å². The number of carbonyl (C=O) groups is 1. The van der Waals surface area contributed by atoms with Crippen molar-refractivity contribution in [1.29, 1.82) is 0 Å². The van der Waals surface area contributed by atoms with Gasteiger partial charge in [0.15, 0.2) is 0 Å². The Morgan fingerprint density at radius 1 is 1.38 bits per heavy atom. The largest absolute Gasteiger partial charge is 0.508 e. The fraction of sp³-hybridized carbons (Fsp3) is 0.333. The molecule has 112 valence electrons. The van der Waals surface area contributed by atoms with Crippen LogP contribution in [0, 0.1) is 19.7 Å². The molecule has 0 radical (unpaired) electrons. The van der Waals surface area contributed by atoms with Crippen LogP contribution in [0.5, 0.6) is 5.75 Å². The van der Waals surface area contributed by atoms with E-state index in [2.05, 4.69) is 10.4 Å². The van der Waals surface area contributed by atoms with Crippen LogP contribution in [0.4, 0.5) is 4.39 Å². The van der Waals surface area contributed by atoms with Crippen LogP contribution in [0.15, 0.2) is 24.3 Å². The summed E-state index contributed by atoms with van der Waals surface area (Å²) < 4.78 is 15.4. The number of phenolic OH excluding ortho intramolecular Hbond substituents is 1. The highest BCUT2D eigenvalue weighted by Crippen LogP contribution is 2.14. The van der Waals surface area contributed by atoms with E-state index in [0.717, 1.165) is 17.5 Å². The van der Waals surface area contributed by atoms with Crippen LogP contribution in [0.1, 0.15) is 28.2 Å². The van der Waals surface area contributed by atoms with Gasteiger partial charge in [0.1, 0.15) is 11.6 Å². The van der Waals surface area contributed by atoms with Gasteiger partial charge in [-0.15, -0.1) is 0 Å². The van der Waals surface area contributed by atoms with E-state index in [-0.39, 0.29) is 11.3 Å². The summed E-state index contributed by atoms with van der Waals surface area (Å²) in [5.41, 5.74) is 1.96. The number of nitrogens with one attached hydrogen (secondary N) is 1. The van der Waals surface area contributed by atoms with E-state index in [0.29, 0.717) is 19.5 Å². The maximum atomic E-state index is 13.5. The van der Waals surface area contributed by atoms with E-state index in [1.807, 2.05) is 24.6 Å². The number of rotatable bonds is 5. The Hall–Kier alpha value is -2.37. The lowest BCUT2D eigenvalue weighted by Gasteiger charge is -2.07. The lowest BCUT2D eigenvalue weighted by atomic mass is 10.2. The third kappa shape index (κ3) is 3.81. The zero-order valence-electron chi connectivity index (χ0n) is 12.1. The molecule has 1 aromatic heterocycles. The molecule has 0 saturated heterocycles. The van der Waals surface area contributed by atoms with Crippen LogP contribution < -0.4 is 5.32 Å². The number of aromatic nitrogens is 2. The number of carbonyl (C=O) groups excluding carboxylic acids is 1. The Kier molecular flexibility index (Phi) is 4.57. The molecule has 0 aliphatic heterocycles. The quantitative estimate of drug-likeness (QED) is 0.830. The van der Waals surface area contributed by atoms with Crippen LogP contribution >= 0.6 is 0 Å². The van der Waals surface area contributed by atoms with Gasteiger partial charge in [0, 0.05) is 24.8 Å². The zero-order valence-corrected chi connectivity index (χ0v) is 12.1. The van der Waals surface area contributed by atoms with Gasteiger partial charge < -0.3 is 10.4 Å². The van der Waals surface area contributed by atoms with Crippen molar-refractivity contribution in [2.75, 3.05) is 6.54 Å². The van der Waals surface area contributed by atoms with Crippen molar-refractivity contribution < 1.29 is 14.3 Å². The summed E-state index contributed by atoms with van der Waals surface area (Å²) in [6.45, 7) is 5.03. The predicted octanol–water partition coefficient (Wildman–Crippen LogP) is 2.16. The molecule has 0 fully saturated rings. The lowest BCUT2D eigenvalue weighted by molar-refractivity contribution is 0.0948. The summed E-state index contributed by atoms with van der Waals surface area (Å²) in [5.74, 6) is -1.42. The van der Waals surface area contributed by atoms with Gasteiger partial charge in [-0.05, 0) is 38.5 Å². The van der Waals surface area contributed by atoms with Gasteiger partial charge in [0.05, 0.1) is 11.3 Å². The number of amides is 1. The minimum Gasteiger partial charge on any atom is -0.508 e. The number of hydrogen-bond donors (Lipinski definition) is 2. The minimum atomic E-state index is -0.731. The van der Waals surface area contributed by atoms with Crippen molar-refractivity contribution in [3.63, 3.8) is 0 Å². The number of benzene rings is 1. The molecule has 1 aromatic carbocycles. The van der Waals surface area contributed by atoms with Crippen LogP contribution in [-0.4, -0.2) is 27.3 Å². The maximum Gasteiger partial charge on any atom is 0.254 e. The van der Waals surface area contributed by atoms with Crippen molar-refractivity contribution in [2.45, 2.75) is 26.8 Å². The third-order valence-electron chi connectivity index (χ3n) is 3.13. The first kappa shape index (κ1) is 15.0. The molecule has 0 unspecified atom stereocenters. The predicted molar refractivity (Wildman–Crippen MR) is 76.7 cm³/mol. The van der Waals surface area contributed by atoms with Crippen LogP contribution in [-0.2, 0) is 6.54 Å². The Morgan fingerprint density at radius 3 is 2.76 bits per heavy atom. The van der Waals surface area contributed by atoms with Gasteiger partial charge in [-0.25, -0.2) is 4.39 Å². The fourth-order valence-corrected chi connectivity index (χ4v) is 2.12. The molecule has 1 amide bonds. The third-order valence-corrected chi connectivity index (χ3v) is 3.13. The lowest BCUT2D eigenvalue weighted by Crippen LogP contribution is -2.26. The molecule has 2 N–H and O–H groups in total. The summed E-state index contributed by atoms with van der Waals surface area (Å²) >= 11 is 0. The summed E-state index contributed by atoms with van der Waals surface area (Å²) in [6, 6.07) is 5.46. The number of aromatic hydroxyl groups is 1. The molecule has 0 spiro atoms. The minimum absolute atomic E-state index is 0.0704. The molecule has 0 aliphatic carbocycles. The van der Waals surface area contributed by atoms with E-state index < -0.39 is 11.7 Å². The van der Waals surface area contributed by atoms with Crippen molar-refractivity contribution in [3.05, 3.63) is 47.0 Å². The number of phenols is 1. The highest BCUT2D eigenvalue weighted by molar-refractivity contribution is 5.94. The monoisotopic (exact) mass is 291 g/mol. The van der Waals surface area contributed by atoms with Crippen molar-refractivity contribution in [2.24, 2.45) is 0 Å². The molecule has 5 nitrogen and oxygen atoms in total. The molecule has 1 heterocycles. The molecule has 21 heavy (non-hydrogen) atoms. The molecule has 6 heteroatoms. The SMILES string of the molecule is Cc1cc(C)n(CCCNC(=O)c2ccc(O)cc2F)n1. The van der Waals surface area contributed by atoms with Gasteiger partial charge in [0.2, 0.25) is 0 Å². The summed E-state index contributed by atoms with van der Waals surface area (Å²) in [6.07, 6.45) is 0.702. The standard InChI is InChI=1S/C15H18FN3O2/c1-10-8-11(2)19(18-10)7-3-6-17-15(21)13-5-4-12(20)9-14(13)16/h4-5,8-9,20H,3,6-7H2,1-2H3,(H,17,21). The maximum absolute atomic E-state index is 13.5. The molecule has 0 saturated carbocycles. The second-order valence-corrected chi connectivity index (χ2v) is 4.92. The van der Waals surface area contributed by atoms with E-state index in [1.165, 1.54) is 12.1 Å². The second kappa shape index (κ2) is 6.39. The normalized spacial score (nSPS) is 10.6. The van der Waals surface area contributed by atoms with Gasteiger partial charge >= 0.3 is 0 Å². The number of nitrogens with zero attached hydrogens (tertiary/aromatic N) is 2. The summed E-state index contributed by atoms with van der Waals surface area (Å²) in [5, 5.41) is 16.1. The van der Waals surface area contributed by atoms with Crippen molar-refractivity contribution in [3.8, 4) is 5.75 Å². The topological polar surface area (TPSA) is 67.2 Å². The molecule has 0 atom stereocenters. The summed E-state index contributed by atoms with van der Waals surface area (Å²) in [7, 11) is 0. The highest BCUT2D eigenvalue weighted by Gasteiger charge is 2.11. The summed E-state index contributed by atoms with van der Waals surface area (Å²) in [4.78, 5) is 11.8. The number of halogens is 1. The number of hydrogen-bond acceptors (Lipinski definition) is 3. The first-order chi connectivity index (χ1) is 9.97. The van der Waals surface area contributed by atoms with E-state index in [1.54, 1.807) is 0 Å². The second-order valence-electron chi connectivity index (χ2n) is 4.92. The zero-order chi connectivity index (χ0) is 15.4. The molecule has 0 bridgehead atoms. The first-order valence-electron chi connectivity index (χ1n) is 6.75. The molecule has 2 rings (SSSR count). The van der Waals surface area contributed by atoms with Crippen LogP contribution in [0.3, 0.4) is 0 Å². The van der Waals surface area contributed by atoms with Gasteiger partial charge in [0.25, 0.3) is 5.91 Å². The van der Waals surface area contributed by atoms with E-state index >= 15 is 0 Å². The Morgan fingerprint density at radius 2 is 2.14 bits per heavy atom. The van der Waals surface area contributed by atoms with Gasteiger partial charge in [-0.2, -0.15) is 5.10 Å². The Bertz CT molecular complexity index is 652. The molecular formula is C15H18FN3O2. The average molecular weight is 291 g/mol. The fourth-order valence-electron chi connectivity index (χ4n) is 2.12. The molecule has 2 aromatic rings. The first-order valence-corrected chi connectivity index (χ1v) is 6.75. The highest BCUT2D eigenvalue weighted by atomic mass is 19.1. The van der Waals surface area contributed by atoms with Crippen molar-refractivity contribution in [1.82, 2.24) is 15.1 Å². The van der Waals surface area contributed by atoms with Gasteiger partial charge in [-0.3, -0.25) is 9.48 Å². The van der Waals surface area contributed by atoms with E-state index in [4.69, 9.17) is 5.11 Å². The Labute approximate surface area is 122 Å². The Balaban J connectivity index is 1.83. The van der Waals surface area contributed by atoms with Crippen LogP contribution in [0.25, 0.3) is 0 Å². The molecular weight excluding hydrogens is 273 g/mol.